The Bertz CT molecular complexity index is 623. The monoisotopic (exact) mass is 284 g/mol. The number of nitrogens with one attached hydrogen (secondary N) is 1. The van der Waals surface area contributed by atoms with Gasteiger partial charge in [0.1, 0.15) is 5.69 Å². The van der Waals surface area contributed by atoms with Gasteiger partial charge >= 0.3 is 0 Å². The second kappa shape index (κ2) is 5.24. The van der Waals surface area contributed by atoms with Crippen molar-refractivity contribution in [1.29, 1.82) is 0 Å². The molecule has 4 nitrogen and oxygen atoms in total. The Hall–Kier alpha value is -1.71. The summed E-state index contributed by atoms with van der Waals surface area (Å²) in [5.41, 5.74) is 4.88. The number of H-pyrrole nitrogens is 1. The molecule has 2 aromatic heterocycles. The van der Waals surface area contributed by atoms with Crippen molar-refractivity contribution in [2.24, 2.45) is 5.92 Å². The summed E-state index contributed by atoms with van der Waals surface area (Å²) in [5.74, 6) is 1.37. The molecule has 2 aromatic rings. The quantitative estimate of drug-likeness (QED) is 0.935. The Morgan fingerprint density at radius 1 is 1.24 bits per heavy atom. The molecule has 0 unspecified atom stereocenters. The summed E-state index contributed by atoms with van der Waals surface area (Å²) in [6, 6.07) is 0. The standard InChI is InChI=1S/C17H24N4/c1-11(2)8-12-9-18-16(19-10-12)14-13-6-5-7-17(3,4)15(13)21-20-14/h9-11H,5-8H2,1-4H3,(H,20,21). The summed E-state index contributed by atoms with van der Waals surface area (Å²) in [6.07, 6.45) is 8.39. The first kappa shape index (κ1) is 14.2. The minimum Gasteiger partial charge on any atom is -0.281 e. The first-order valence-electron chi connectivity index (χ1n) is 7.86. The number of aromatic nitrogens is 4. The molecule has 0 amide bonds. The molecule has 0 aliphatic heterocycles. The van der Waals surface area contributed by atoms with E-state index in [2.05, 4.69) is 47.9 Å². The van der Waals surface area contributed by atoms with Crippen LogP contribution in [0.2, 0.25) is 0 Å². The fourth-order valence-electron chi connectivity index (χ4n) is 3.24. The van der Waals surface area contributed by atoms with E-state index in [1.807, 2.05) is 12.4 Å². The van der Waals surface area contributed by atoms with Crippen molar-refractivity contribution in [1.82, 2.24) is 20.2 Å². The van der Waals surface area contributed by atoms with Gasteiger partial charge in [-0.05, 0) is 37.2 Å². The Balaban J connectivity index is 1.93. The lowest BCUT2D eigenvalue weighted by molar-refractivity contribution is 0.420. The van der Waals surface area contributed by atoms with Gasteiger partial charge in [0.2, 0.25) is 0 Å². The van der Waals surface area contributed by atoms with Gasteiger partial charge in [0, 0.05) is 29.1 Å². The minimum atomic E-state index is 0.177. The van der Waals surface area contributed by atoms with Crippen LogP contribution >= 0.6 is 0 Å². The van der Waals surface area contributed by atoms with E-state index < -0.39 is 0 Å². The molecule has 0 bridgehead atoms. The fraction of sp³-hybridized carbons (Fsp3) is 0.588. The van der Waals surface area contributed by atoms with Gasteiger partial charge in [0.25, 0.3) is 0 Å². The average molecular weight is 284 g/mol. The zero-order valence-corrected chi connectivity index (χ0v) is 13.4. The van der Waals surface area contributed by atoms with Crippen molar-refractivity contribution in [2.45, 2.75) is 58.8 Å². The van der Waals surface area contributed by atoms with Crippen molar-refractivity contribution in [3.63, 3.8) is 0 Å². The third kappa shape index (κ3) is 2.71. The Kier molecular flexibility index (Phi) is 3.56. The van der Waals surface area contributed by atoms with Crippen molar-refractivity contribution in [3.8, 4) is 11.5 Å². The first-order valence-corrected chi connectivity index (χ1v) is 7.86. The van der Waals surface area contributed by atoms with Gasteiger partial charge in [-0.2, -0.15) is 5.10 Å². The molecule has 0 atom stereocenters. The lowest BCUT2D eigenvalue weighted by Crippen LogP contribution is -2.23. The van der Waals surface area contributed by atoms with Gasteiger partial charge in [0.05, 0.1) is 0 Å². The maximum absolute atomic E-state index is 4.54. The summed E-state index contributed by atoms with van der Waals surface area (Å²) in [7, 11) is 0. The van der Waals surface area contributed by atoms with E-state index in [1.54, 1.807) is 0 Å². The molecule has 0 aromatic carbocycles. The molecule has 1 N–H and O–H groups in total. The van der Waals surface area contributed by atoms with E-state index in [4.69, 9.17) is 0 Å². The molecule has 1 aliphatic rings. The second-order valence-corrected chi connectivity index (χ2v) is 7.18. The zero-order valence-electron chi connectivity index (χ0n) is 13.4. The summed E-state index contributed by atoms with van der Waals surface area (Å²) >= 11 is 0. The Labute approximate surface area is 126 Å². The van der Waals surface area contributed by atoms with E-state index in [-0.39, 0.29) is 5.41 Å². The number of rotatable bonds is 3. The molecule has 1 aliphatic carbocycles. The Morgan fingerprint density at radius 3 is 2.62 bits per heavy atom. The van der Waals surface area contributed by atoms with E-state index >= 15 is 0 Å². The van der Waals surface area contributed by atoms with Crippen LogP contribution in [0.25, 0.3) is 11.5 Å². The summed E-state index contributed by atoms with van der Waals surface area (Å²) in [4.78, 5) is 9.07. The van der Waals surface area contributed by atoms with E-state index in [9.17, 15) is 0 Å². The van der Waals surface area contributed by atoms with Gasteiger partial charge in [-0.25, -0.2) is 9.97 Å². The molecule has 2 heterocycles. The molecular formula is C17H24N4. The molecule has 3 rings (SSSR count). The topological polar surface area (TPSA) is 54.5 Å². The number of nitrogens with zero attached hydrogens (tertiary/aromatic N) is 3. The van der Waals surface area contributed by atoms with Crippen LogP contribution < -0.4 is 0 Å². The summed E-state index contributed by atoms with van der Waals surface area (Å²) in [6.45, 7) is 8.97. The molecule has 4 heteroatoms. The van der Waals surface area contributed by atoms with Crippen LogP contribution in [-0.4, -0.2) is 20.2 Å². The number of hydrogen-bond acceptors (Lipinski definition) is 3. The van der Waals surface area contributed by atoms with Crippen LogP contribution in [0, 0.1) is 5.92 Å². The van der Waals surface area contributed by atoms with Gasteiger partial charge < -0.3 is 0 Å². The highest BCUT2D eigenvalue weighted by molar-refractivity contribution is 5.57. The fourth-order valence-corrected chi connectivity index (χ4v) is 3.24. The molecule has 21 heavy (non-hydrogen) atoms. The van der Waals surface area contributed by atoms with Crippen LogP contribution in [-0.2, 0) is 18.3 Å². The normalized spacial score (nSPS) is 17.0. The highest BCUT2D eigenvalue weighted by Gasteiger charge is 2.32. The maximum Gasteiger partial charge on any atom is 0.180 e. The lowest BCUT2D eigenvalue weighted by atomic mass is 9.76. The highest BCUT2D eigenvalue weighted by atomic mass is 15.1. The van der Waals surface area contributed by atoms with Crippen LogP contribution in [0.15, 0.2) is 12.4 Å². The highest BCUT2D eigenvalue weighted by Crippen LogP contribution is 2.38. The van der Waals surface area contributed by atoms with Crippen molar-refractivity contribution >= 4 is 0 Å². The van der Waals surface area contributed by atoms with Crippen molar-refractivity contribution in [3.05, 3.63) is 29.2 Å². The van der Waals surface area contributed by atoms with Gasteiger partial charge in [0.15, 0.2) is 5.82 Å². The van der Waals surface area contributed by atoms with E-state index in [0.29, 0.717) is 5.92 Å². The van der Waals surface area contributed by atoms with E-state index in [0.717, 1.165) is 24.4 Å². The molecule has 0 saturated heterocycles. The third-order valence-corrected chi connectivity index (χ3v) is 4.33. The second-order valence-electron chi connectivity index (χ2n) is 7.18. The SMILES string of the molecule is CC(C)Cc1cnc(-c2n[nH]c3c2CCCC3(C)C)nc1. The lowest BCUT2D eigenvalue weighted by Gasteiger charge is -2.29. The summed E-state index contributed by atoms with van der Waals surface area (Å²) in [5, 5.41) is 7.74. The van der Waals surface area contributed by atoms with Gasteiger partial charge in [-0.1, -0.05) is 27.7 Å². The molecule has 0 spiro atoms. The average Bonchev–Trinajstić information content (AvgIpc) is 2.84. The molecule has 0 fully saturated rings. The van der Waals surface area contributed by atoms with Crippen LogP contribution in [0.5, 0.6) is 0 Å². The van der Waals surface area contributed by atoms with Crippen molar-refractivity contribution < 1.29 is 0 Å². The molecule has 0 saturated carbocycles. The van der Waals surface area contributed by atoms with Gasteiger partial charge in [-0.3, -0.25) is 5.10 Å². The minimum absolute atomic E-state index is 0.177. The largest absolute Gasteiger partial charge is 0.281 e. The molecular weight excluding hydrogens is 260 g/mol. The zero-order chi connectivity index (χ0) is 15.0. The van der Waals surface area contributed by atoms with Crippen LogP contribution in [0.3, 0.4) is 0 Å². The Morgan fingerprint density at radius 2 is 1.95 bits per heavy atom. The van der Waals surface area contributed by atoms with Crippen LogP contribution in [0.1, 0.15) is 57.4 Å². The molecule has 0 radical (unpaired) electrons. The molecule has 112 valence electrons. The first-order chi connectivity index (χ1) is 9.97. The predicted octanol–water partition coefficient (Wildman–Crippen LogP) is 3.68. The van der Waals surface area contributed by atoms with E-state index in [1.165, 1.54) is 29.7 Å². The van der Waals surface area contributed by atoms with Crippen molar-refractivity contribution in [2.75, 3.05) is 0 Å². The van der Waals surface area contributed by atoms with Crippen LogP contribution in [0.4, 0.5) is 0 Å². The predicted molar refractivity (Wildman–Crippen MR) is 84.1 cm³/mol. The smallest absolute Gasteiger partial charge is 0.180 e. The number of aromatic amines is 1. The number of fused-ring (bicyclic) bond motifs is 1. The number of hydrogen-bond donors (Lipinski definition) is 1. The van der Waals surface area contributed by atoms with Gasteiger partial charge in [-0.15, -0.1) is 0 Å². The third-order valence-electron chi connectivity index (χ3n) is 4.33. The summed E-state index contributed by atoms with van der Waals surface area (Å²) < 4.78 is 0. The maximum atomic E-state index is 4.54.